The molecule has 0 amide bonds. The Labute approximate surface area is 180 Å². The highest BCUT2D eigenvalue weighted by Crippen LogP contribution is 2.23. The Balaban J connectivity index is 1.55. The van der Waals surface area contributed by atoms with Gasteiger partial charge in [-0.25, -0.2) is 9.07 Å². The number of fused-ring (bicyclic) bond motifs is 1. The Kier molecular flexibility index (Phi) is 5.67. The summed E-state index contributed by atoms with van der Waals surface area (Å²) in [7, 11) is 0. The molecule has 7 heteroatoms. The van der Waals surface area contributed by atoms with Crippen LogP contribution in [0.2, 0.25) is 0 Å². The summed E-state index contributed by atoms with van der Waals surface area (Å²) in [6.45, 7) is 2.71. The number of likely N-dealkylation sites (tertiary alicyclic amines) is 1. The first kappa shape index (κ1) is 19.8. The summed E-state index contributed by atoms with van der Waals surface area (Å²) < 4.78 is 15.2. The number of nitrogens with zero attached hydrogens (tertiary/aromatic N) is 5. The predicted octanol–water partition coefficient (Wildman–Crippen LogP) is 2.96. The molecule has 1 fully saturated rings. The molecule has 0 bridgehead atoms. The number of rotatable bonds is 5. The smallest absolute Gasteiger partial charge is 0.214 e. The van der Waals surface area contributed by atoms with Gasteiger partial charge < -0.3 is 4.90 Å². The number of hydrogen-bond donors (Lipinski definition) is 1. The Morgan fingerprint density at radius 2 is 1.77 bits per heavy atom. The molecule has 1 N–H and O–H groups in total. The zero-order chi connectivity index (χ0) is 21.0. The molecule has 0 saturated carbocycles. The van der Waals surface area contributed by atoms with Crippen molar-refractivity contribution in [3.05, 3.63) is 83.6 Å². The molecule has 2 aromatic heterocycles. The van der Waals surface area contributed by atoms with Crippen LogP contribution in [0.3, 0.4) is 0 Å². The Morgan fingerprint density at radius 3 is 2.58 bits per heavy atom. The zero-order valence-electron chi connectivity index (χ0n) is 17.4. The van der Waals surface area contributed by atoms with Gasteiger partial charge in [0.05, 0.1) is 25.2 Å². The molecular weight excluding hydrogens is 391 g/mol. The first-order chi connectivity index (χ1) is 15.3. The van der Waals surface area contributed by atoms with Crippen LogP contribution in [0, 0.1) is 5.82 Å². The summed E-state index contributed by atoms with van der Waals surface area (Å²) in [5.41, 5.74) is 3.16. The van der Waals surface area contributed by atoms with E-state index in [0.717, 1.165) is 35.4 Å². The van der Waals surface area contributed by atoms with Crippen LogP contribution in [0.15, 0.2) is 60.8 Å². The van der Waals surface area contributed by atoms with Crippen molar-refractivity contribution < 1.29 is 9.29 Å². The zero-order valence-corrected chi connectivity index (χ0v) is 17.4. The van der Waals surface area contributed by atoms with Crippen molar-refractivity contribution in [2.45, 2.75) is 38.3 Å². The van der Waals surface area contributed by atoms with E-state index in [4.69, 9.17) is 0 Å². The lowest BCUT2D eigenvalue weighted by Gasteiger charge is -2.27. The van der Waals surface area contributed by atoms with Gasteiger partial charge in [0, 0.05) is 17.1 Å². The first-order valence-electron chi connectivity index (χ1n) is 11.0. The fourth-order valence-corrected chi connectivity index (χ4v) is 4.61. The van der Waals surface area contributed by atoms with Gasteiger partial charge >= 0.3 is 0 Å². The maximum absolute atomic E-state index is 13.3. The fraction of sp³-hybridized carbons (Fsp3) is 0.333. The molecule has 5 rings (SSSR count). The van der Waals surface area contributed by atoms with Crippen molar-refractivity contribution in [1.29, 1.82) is 0 Å². The molecule has 3 heterocycles. The van der Waals surface area contributed by atoms with Crippen LogP contribution in [0.1, 0.15) is 48.7 Å². The molecule has 1 atom stereocenters. The number of halogens is 1. The molecule has 2 aromatic carbocycles. The Morgan fingerprint density at radius 1 is 0.968 bits per heavy atom. The van der Waals surface area contributed by atoms with Gasteiger partial charge in [-0.3, -0.25) is 4.98 Å². The third-order valence-electron chi connectivity index (χ3n) is 6.18. The van der Waals surface area contributed by atoms with Gasteiger partial charge in [0.15, 0.2) is 6.04 Å². The average molecular weight is 418 g/mol. The normalized spacial score (nSPS) is 16.3. The van der Waals surface area contributed by atoms with E-state index in [1.54, 1.807) is 12.1 Å². The number of quaternary nitrogens is 1. The standard InChI is InChI=1S/C24H25FN6/c25-21-10-7-18(8-11-21)17-31-24(27-28-29-31)23(30-14-3-1-2-4-15-30)20-9-12-22-19(16-20)6-5-13-26-22/h5-13,16,23H,1-4,14-15,17H2/p+1/t23-/m0/s1. The topological polar surface area (TPSA) is 60.9 Å². The van der Waals surface area contributed by atoms with Crippen LogP contribution in [0.4, 0.5) is 4.39 Å². The Hall–Kier alpha value is -3.19. The van der Waals surface area contributed by atoms with Gasteiger partial charge in [0.1, 0.15) is 5.82 Å². The van der Waals surface area contributed by atoms with E-state index in [2.05, 4.69) is 44.8 Å². The van der Waals surface area contributed by atoms with Crippen LogP contribution < -0.4 is 4.90 Å². The third kappa shape index (κ3) is 4.32. The number of benzene rings is 2. The molecule has 31 heavy (non-hydrogen) atoms. The molecule has 0 aliphatic carbocycles. The van der Waals surface area contributed by atoms with Crippen molar-refractivity contribution in [2.75, 3.05) is 13.1 Å². The quantitative estimate of drug-likeness (QED) is 0.542. The summed E-state index contributed by atoms with van der Waals surface area (Å²) in [6.07, 6.45) is 6.79. The number of pyridine rings is 1. The molecule has 0 spiro atoms. The summed E-state index contributed by atoms with van der Waals surface area (Å²) in [5.74, 6) is 0.613. The van der Waals surface area contributed by atoms with Crippen molar-refractivity contribution in [2.24, 2.45) is 0 Å². The van der Waals surface area contributed by atoms with Crippen LogP contribution >= 0.6 is 0 Å². The second-order valence-electron chi connectivity index (χ2n) is 8.28. The highest BCUT2D eigenvalue weighted by molar-refractivity contribution is 5.79. The van der Waals surface area contributed by atoms with E-state index in [9.17, 15) is 4.39 Å². The molecule has 158 valence electrons. The number of aromatic nitrogens is 5. The van der Waals surface area contributed by atoms with E-state index < -0.39 is 0 Å². The molecule has 4 aromatic rings. The molecule has 0 radical (unpaired) electrons. The number of nitrogens with one attached hydrogen (secondary N) is 1. The van der Waals surface area contributed by atoms with Crippen molar-refractivity contribution in [3.8, 4) is 0 Å². The van der Waals surface area contributed by atoms with Gasteiger partial charge in [-0.05, 0) is 72.0 Å². The minimum absolute atomic E-state index is 0.0400. The van der Waals surface area contributed by atoms with Crippen molar-refractivity contribution in [1.82, 2.24) is 25.2 Å². The highest BCUT2D eigenvalue weighted by atomic mass is 19.1. The highest BCUT2D eigenvalue weighted by Gasteiger charge is 2.32. The lowest BCUT2D eigenvalue weighted by molar-refractivity contribution is -0.925. The molecule has 0 unspecified atom stereocenters. The lowest BCUT2D eigenvalue weighted by Crippen LogP contribution is -3.12. The summed E-state index contributed by atoms with van der Waals surface area (Å²) in [4.78, 5) is 5.97. The predicted molar refractivity (Wildman–Crippen MR) is 116 cm³/mol. The molecule has 1 saturated heterocycles. The summed E-state index contributed by atoms with van der Waals surface area (Å²) in [6, 6.07) is 17.1. The number of hydrogen-bond acceptors (Lipinski definition) is 4. The molecule has 1 aliphatic heterocycles. The van der Waals surface area contributed by atoms with Gasteiger partial charge in [0.25, 0.3) is 0 Å². The summed E-state index contributed by atoms with van der Waals surface area (Å²) >= 11 is 0. The largest absolute Gasteiger partial charge is 0.322 e. The van der Waals surface area contributed by atoms with Gasteiger partial charge in [0.2, 0.25) is 5.82 Å². The molecular formula is C24H26FN6+. The minimum atomic E-state index is -0.239. The maximum atomic E-state index is 13.3. The Bertz CT molecular complexity index is 1150. The van der Waals surface area contributed by atoms with Crippen molar-refractivity contribution >= 4 is 10.9 Å². The number of tetrazole rings is 1. The molecule has 6 nitrogen and oxygen atoms in total. The lowest BCUT2D eigenvalue weighted by atomic mass is 10.0. The monoisotopic (exact) mass is 417 g/mol. The van der Waals surface area contributed by atoms with Crippen LogP contribution in [-0.2, 0) is 6.54 Å². The van der Waals surface area contributed by atoms with Crippen LogP contribution in [-0.4, -0.2) is 38.3 Å². The van der Waals surface area contributed by atoms with E-state index >= 15 is 0 Å². The second kappa shape index (κ2) is 8.89. The third-order valence-corrected chi connectivity index (χ3v) is 6.18. The van der Waals surface area contributed by atoms with E-state index in [0.29, 0.717) is 6.54 Å². The van der Waals surface area contributed by atoms with Crippen molar-refractivity contribution in [3.63, 3.8) is 0 Å². The first-order valence-corrected chi connectivity index (χ1v) is 11.0. The van der Waals surface area contributed by atoms with Gasteiger partial charge in [-0.15, -0.1) is 5.10 Å². The van der Waals surface area contributed by atoms with Gasteiger partial charge in [-0.1, -0.05) is 24.3 Å². The van der Waals surface area contributed by atoms with Crippen LogP contribution in [0.25, 0.3) is 10.9 Å². The van der Waals surface area contributed by atoms with E-state index in [1.807, 2.05) is 16.9 Å². The maximum Gasteiger partial charge on any atom is 0.214 e. The summed E-state index contributed by atoms with van der Waals surface area (Å²) in [5, 5.41) is 13.9. The SMILES string of the molecule is Fc1ccc(Cn2nnnc2[C@H](c2ccc3ncccc3c2)[NH+]2CCCCCC2)cc1. The molecule has 1 aliphatic rings. The van der Waals surface area contributed by atoms with Crippen LogP contribution in [0.5, 0.6) is 0 Å². The van der Waals surface area contributed by atoms with E-state index in [-0.39, 0.29) is 11.9 Å². The fourth-order valence-electron chi connectivity index (χ4n) is 4.61. The van der Waals surface area contributed by atoms with E-state index in [1.165, 1.54) is 48.3 Å². The van der Waals surface area contributed by atoms with Gasteiger partial charge in [-0.2, -0.15) is 0 Å². The minimum Gasteiger partial charge on any atom is -0.322 e. The average Bonchev–Trinajstić information content (AvgIpc) is 3.07. The second-order valence-corrected chi connectivity index (χ2v) is 8.28.